The Labute approximate surface area is 195 Å². The monoisotopic (exact) mass is 495 g/mol. The molecule has 3 heterocycles. The number of aromatic nitrogens is 4. The molecule has 0 spiro atoms. The summed E-state index contributed by atoms with van der Waals surface area (Å²) >= 11 is 3.47. The summed E-state index contributed by atoms with van der Waals surface area (Å²) in [5, 5.41) is 16.1. The van der Waals surface area contributed by atoms with E-state index in [0.29, 0.717) is 23.4 Å². The molecule has 0 atom stereocenters. The number of imidazole rings is 1. The van der Waals surface area contributed by atoms with Crippen molar-refractivity contribution in [2.45, 2.75) is 18.9 Å². The number of halogens is 1. The van der Waals surface area contributed by atoms with Crippen molar-refractivity contribution in [2.24, 2.45) is 0 Å². The molecule has 0 radical (unpaired) electrons. The summed E-state index contributed by atoms with van der Waals surface area (Å²) in [4.78, 5) is 19.0. The van der Waals surface area contributed by atoms with Crippen LogP contribution in [0.3, 0.4) is 0 Å². The summed E-state index contributed by atoms with van der Waals surface area (Å²) in [5.41, 5.74) is 2.92. The lowest BCUT2D eigenvalue weighted by Gasteiger charge is -2.32. The average molecular weight is 496 g/mol. The van der Waals surface area contributed by atoms with Crippen molar-refractivity contribution < 1.29 is 0 Å². The first-order chi connectivity index (χ1) is 15.6. The molecule has 2 fully saturated rings. The molecule has 10 heteroatoms. The largest absolute Gasteiger partial charge is 0.353 e. The van der Waals surface area contributed by atoms with Gasteiger partial charge < -0.3 is 20.1 Å². The molecule has 2 aromatic heterocycles. The first-order valence-corrected chi connectivity index (χ1v) is 11.8. The average Bonchev–Trinajstić information content (AvgIpc) is 3.53. The van der Waals surface area contributed by atoms with Crippen LogP contribution >= 0.6 is 15.9 Å². The molecular weight excluding hydrogens is 470 g/mol. The zero-order chi connectivity index (χ0) is 22.1. The van der Waals surface area contributed by atoms with E-state index in [4.69, 9.17) is 9.97 Å². The number of nitrogens with zero attached hydrogens (tertiary/aromatic N) is 7. The molecule has 1 aliphatic heterocycles. The number of likely N-dealkylation sites (N-methyl/N-ethyl adjacent to an activating group) is 1. The molecule has 1 saturated carbocycles. The Hall–Kier alpha value is -2.74. The fourth-order valence-electron chi connectivity index (χ4n) is 3.96. The van der Waals surface area contributed by atoms with E-state index in [1.165, 1.54) is 0 Å². The Morgan fingerprint density at radius 1 is 1.16 bits per heavy atom. The molecule has 2 N–H and O–H groups in total. The smallest absolute Gasteiger partial charge is 0.226 e. The van der Waals surface area contributed by atoms with Crippen LogP contribution in [0.15, 0.2) is 29.0 Å². The quantitative estimate of drug-likeness (QED) is 0.515. The number of hydrogen-bond donors (Lipinski definition) is 2. The molecule has 2 aliphatic rings. The second kappa shape index (κ2) is 9.02. The zero-order valence-electron chi connectivity index (χ0n) is 18.1. The minimum atomic E-state index is 0.469. The van der Waals surface area contributed by atoms with Gasteiger partial charge in [0.25, 0.3) is 0 Å². The zero-order valence-corrected chi connectivity index (χ0v) is 19.6. The van der Waals surface area contributed by atoms with E-state index in [2.05, 4.69) is 59.0 Å². The molecule has 1 aromatic carbocycles. The second-order valence-electron chi connectivity index (χ2n) is 8.49. The van der Waals surface area contributed by atoms with Gasteiger partial charge in [-0.05, 0) is 38.1 Å². The Kier molecular flexibility index (Phi) is 5.95. The number of nitrogens with one attached hydrogen (secondary N) is 2. The molecule has 0 unspecified atom stereocenters. The summed E-state index contributed by atoms with van der Waals surface area (Å²) in [6.07, 6.45) is 4.17. The lowest BCUT2D eigenvalue weighted by Crippen LogP contribution is -2.45. The van der Waals surface area contributed by atoms with Gasteiger partial charge in [0.2, 0.25) is 5.95 Å². The maximum atomic E-state index is 9.30. The van der Waals surface area contributed by atoms with E-state index < -0.39 is 0 Å². The number of fused-ring (bicyclic) bond motifs is 1. The third-order valence-electron chi connectivity index (χ3n) is 5.96. The van der Waals surface area contributed by atoms with Gasteiger partial charge in [-0.25, -0.2) is 4.98 Å². The number of hydrogen-bond acceptors (Lipinski definition) is 8. The molecule has 0 bridgehead atoms. The normalized spacial score (nSPS) is 17.4. The molecular formula is C22H26BrN9. The number of nitriles is 1. The molecule has 1 aliphatic carbocycles. The van der Waals surface area contributed by atoms with Gasteiger partial charge in [-0.3, -0.25) is 4.90 Å². The SMILES string of the molecule is CN1CCN(CCNc2nc(Nc3cc(Br)cc(C#N)c3)c3ncn(C4CC4)c3n2)CC1. The molecule has 5 rings (SSSR count). The summed E-state index contributed by atoms with van der Waals surface area (Å²) < 4.78 is 2.98. The summed E-state index contributed by atoms with van der Waals surface area (Å²) in [6.45, 7) is 6.12. The minimum absolute atomic E-state index is 0.469. The van der Waals surface area contributed by atoms with Gasteiger partial charge in [0.05, 0.1) is 18.0 Å². The van der Waals surface area contributed by atoms with Crippen molar-refractivity contribution in [3.05, 3.63) is 34.6 Å². The molecule has 9 nitrogen and oxygen atoms in total. The lowest BCUT2D eigenvalue weighted by molar-refractivity contribution is 0.158. The molecule has 1 saturated heterocycles. The van der Waals surface area contributed by atoms with E-state index >= 15 is 0 Å². The predicted octanol–water partition coefficient (Wildman–Crippen LogP) is 3.20. The summed E-state index contributed by atoms with van der Waals surface area (Å²) in [6, 6.07) is 8.17. The molecule has 32 heavy (non-hydrogen) atoms. The van der Waals surface area contributed by atoms with Gasteiger partial charge in [0.15, 0.2) is 17.0 Å². The van der Waals surface area contributed by atoms with Crippen molar-refractivity contribution in [1.82, 2.24) is 29.3 Å². The van der Waals surface area contributed by atoms with Gasteiger partial charge in [-0.1, -0.05) is 15.9 Å². The van der Waals surface area contributed by atoms with Gasteiger partial charge in [0, 0.05) is 55.5 Å². The van der Waals surface area contributed by atoms with Crippen LogP contribution in [0, 0.1) is 11.3 Å². The van der Waals surface area contributed by atoms with Crippen LogP contribution in [0.1, 0.15) is 24.4 Å². The van der Waals surface area contributed by atoms with Crippen LogP contribution < -0.4 is 10.6 Å². The predicted molar refractivity (Wildman–Crippen MR) is 128 cm³/mol. The third-order valence-corrected chi connectivity index (χ3v) is 6.42. The maximum absolute atomic E-state index is 9.30. The van der Waals surface area contributed by atoms with Crippen LogP contribution in [0.25, 0.3) is 11.2 Å². The minimum Gasteiger partial charge on any atom is -0.353 e. The van der Waals surface area contributed by atoms with Gasteiger partial charge in [-0.15, -0.1) is 0 Å². The highest BCUT2D eigenvalue weighted by molar-refractivity contribution is 9.10. The maximum Gasteiger partial charge on any atom is 0.226 e. The fourth-order valence-corrected chi connectivity index (χ4v) is 4.46. The van der Waals surface area contributed by atoms with Gasteiger partial charge >= 0.3 is 0 Å². The van der Waals surface area contributed by atoms with Gasteiger partial charge in [-0.2, -0.15) is 15.2 Å². The molecule has 166 valence electrons. The van der Waals surface area contributed by atoms with Crippen LogP contribution in [-0.2, 0) is 0 Å². The van der Waals surface area contributed by atoms with Crippen LogP contribution in [0.2, 0.25) is 0 Å². The third kappa shape index (κ3) is 4.70. The fraction of sp³-hybridized carbons (Fsp3) is 0.455. The first kappa shape index (κ1) is 21.1. The Balaban J connectivity index is 1.39. The van der Waals surface area contributed by atoms with Crippen molar-refractivity contribution in [2.75, 3.05) is 56.9 Å². The number of benzene rings is 1. The van der Waals surface area contributed by atoms with Crippen LogP contribution in [0.4, 0.5) is 17.5 Å². The van der Waals surface area contributed by atoms with E-state index in [1.807, 2.05) is 12.4 Å². The van der Waals surface area contributed by atoms with Gasteiger partial charge in [0.1, 0.15) is 0 Å². The molecule has 3 aromatic rings. The standard InChI is InChI=1S/C22H26BrN9/c1-30-6-8-31(9-7-30)5-4-25-22-28-20(27-17-11-15(13-24)10-16(23)12-17)19-21(29-22)32(14-26-19)18-2-3-18/h10-12,14,18H,2-9H2,1H3,(H2,25,27,28,29). The number of rotatable bonds is 7. The van der Waals surface area contributed by atoms with E-state index in [1.54, 1.807) is 12.1 Å². The van der Waals surface area contributed by atoms with Crippen molar-refractivity contribution in [3.8, 4) is 6.07 Å². The highest BCUT2D eigenvalue weighted by atomic mass is 79.9. The van der Waals surface area contributed by atoms with Crippen LogP contribution in [-0.4, -0.2) is 75.6 Å². The summed E-state index contributed by atoms with van der Waals surface area (Å²) in [5.74, 6) is 1.23. The van der Waals surface area contributed by atoms with Crippen molar-refractivity contribution in [1.29, 1.82) is 5.26 Å². The topological polar surface area (TPSA) is 97.9 Å². The van der Waals surface area contributed by atoms with Crippen molar-refractivity contribution in [3.63, 3.8) is 0 Å². The van der Waals surface area contributed by atoms with E-state index in [9.17, 15) is 5.26 Å². The molecule has 0 amide bonds. The summed E-state index contributed by atoms with van der Waals surface area (Å²) in [7, 11) is 2.17. The lowest BCUT2D eigenvalue weighted by atomic mass is 10.2. The van der Waals surface area contributed by atoms with E-state index in [0.717, 1.165) is 73.4 Å². The van der Waals surface area contributed by atoms with Crippen molar-refractivity contribution >= 4 is 44.5 Å². The Bertz CT molecular complexity index is 1160. The van der Waals surface area contributed by atoms with Crippen LogP contribution in [0.5, 0.6) is 0 Å². The first-order valence-electron chi connectivity index (χ1n) is 11.0. The number of anilines is 3. The highest BCUT2D eigenvalue weighted by Crippen LogP contribution is 2.38. The highest BCUT2D eigenvalue weighted by Gasteiger charge is 2.27. The van der Waals surface area contributed by atoms with E-state index in [-0.39, 0.29) is 0 Å². The Morgan fingerprint density at radius 2 is 1.97 bits per heavy atom. The second-order valence-corrected chi connectivity index (χ2v) is 9.40. The Morgan fingerprint density at radius 3 is 2.72 bits per heavy atom. The number of piperazine rings is 1.